The second-order valence-electron chi connectivity index (χ2n) is 5.89. The van der Waals surface area contributed by atoms with E-state index in [1.165, 1.54) is 38.5 Å². The molecule has 1 aromatic carbocycles. The van der Waals surface area contributed by atoms with Gasteiger partial charge in [-0.2, -0.15) is 0 Å². The maximum Gasteiger partial charge on any atom is 0.251 e. The zero-order valence-electron chi connectivity index (χ0n) is 13.2. The molecule has 0 atom stereocenters. The van der Waals surface area contributed by atoms with Gasteiger partial charge in [0.2, 0.25) is 0 Å². The topological polar surface area (TPSA) is 58.4 Å². The number of carbonyl (C=O) groups is 1. The number of nitrogen functional groups attached to an aromatic ring is 1. The van der Waals surface area contributed by atoms with Gasteiger partial charge in [0.25, 0.3) is 5.91 Å². The zero-order valence-corrected chi connectivity index (χ0v) is 13.2. The highest BCUT2D eigenvalue weighted by Crippen LogP contribution is 2.29. The van der Waals surface area contributed by atoms with E-state index in [2.05, 4.69) is 17.3 Å². The van der Waals surface area contributed by atoms with Gasteiger partial charge in [0.05, 0.1) is 11.4 Å². The van der Waals surface area contributed by atoms with Crippen LogP contribution >= 0.6 is 0 Å². The average Bonchev–Trinajstić information content (AvgIpc) is 2.75. The molecule has 1 aliphatic carbocycles. The van der Waals surface area contributed by atoms with Gasteiger partial charge in [-0.05, 0) is 38.0 Å². The molecular formula is C17H27N3O. The number of amides is 1. The highest BCUT2D eigenvalue weighted by atomic mass is 16.1. The largest absolute Gasteiger partial charge is 0.397 e. The summed E-state index contributed by atoms with van der Waals surface area (Å²) in [5.74, 6) is -0.0622. The summed E-state index contributed by atoms with van der Waals surface area (Å²) in [7, 11) is 2.12. The van der Waals surface area contributed by atoms with Crippen LogP contribution in [0.3, 0.4) is 0 Å². The first-order valence-electron chi connectivity index (χ1n) is 8.04. The smallest absolute Gasteiger partial charge is 0.251 e. The number of hydrogen-bond donors (Lipinski definition) is 2. The number of rotatable bonds is 4. The number of nitrogens with two attached hydrogens (primary N) is 1. The van der Waals surface area contributed by atoms with Gasteiger partial charge < -0.3 is 16.0 Å². The normalized spacial score (nSPS) is 16.3. The van der Waals surface area contributed by atoms with Crippen LogP contribution in [0, 0.1) is 0 Å². The fraction of sp³-hybridized carbons (Fsp3) is 0.588. The maximum atomic E-state index is 11.8. The summed E-state index contributed by atoms with van der Waals surface area (Å²) in [6.45, 7) is 2.54. The molecule has 4 heteroatoms. The molecule has 0 unspecified atom stereocenters. The minimum Gasteiger partial charge on any atom is -0.397 e. The number of benzene rings is 1. The fourth-order valence-electron chi connectivity index (χ4n) is 3.12. The van der Waals surface area contributed by atoms with E-state index in [0.29, 0.717) is 23.8 Å². The van der Waals surface area contributed by atoms with Crippen LogP contribution in [0.1, 0.15) is 55.8 Å². The Balaban J connectivity index is 2.13. The molecule has 3 N–H and O–H groups in total. The van der Waals surface area contributed by atoms with Crippen molar-refractivity contribution in [3.63, 3.8) is 0 Å². The van der Waals surface area contributed by atoms with Gasteiger partial charge in [-0.1, -0.05) is 25.7 Å². The Morgan fingerprint density at radius 2 is 1.95 bits per heavy atom. The summed E-state index contributed by atoms with van der Waals surface area (Å²) in [5.41, 5.74) is 8.53. The van der Waals surface area contributed by atoms with Crippen LogP contribution in [0.4, 0.5) is 11.4 Å². The predicted octanol–water partition coefficient (Wildman–Crippen LogP) is 3.18. The van der Waals surface area contributed by atoms with Crippen molar-refractivity contribution in [3.8, 4) is 0 Å². The average molecular weight is 289 g/mol. The third-order valence-electron chi connectivity index (χ3n) is 4.38. The van der Waals surface area contributed by atoms with Crippen molar-refractivity contribution in [1.29, 1.82) is 0 Å². The van der Waals surface area contributed by atoms with Crippen LogP contribution in [0.5, 0.6) is 0 Å². The number of hydrogen-bond acceptors (Lipinski definition) is 3. The Kier molecular flexibility index (Phi) is 5.48. The molecule has 0 aromatic heterocycles. The molecule has 1 aliphatic rings. The summed E-state index contributed by atoms with van der Waals surface area (Å²) in [6, 6.07) is 6.19. The third-order valence-corrected chi connectivity index (χ3v) is 4.38. The molecule has 0 heterocycles. The van der Waals surface area contributed by atoms with Crippen molar-refractivity contribution < 1.29 is 4.79 Å². The van der Waals surface area contributed by atoms with Gasteiger partial charge in [-0.15, -0.1) is 0 Å². The molecule has 1 aromatic rings. The second-order valence-corrected chi connectivity index (χ2v) is 5.89. The molecule has 0 spiro atoms. The first kappa shape index (κ1) is 15.7. The number of nitrogens with zero attached hydrogens (tertiary/aromatic N) is 1. The highest BCUT2D eigenvalue weighted by molar-refractivity contribution is 5.96. The molecule has 1 saturated carbocycles. The Hall–Kier alpha value is -1.71. The van der Waals surface area contributed by atoms with Crippen LogP contribution < -0.4 is 16.0 Å². The van der Waals surface area contributed by atoms with E-state index < -0.39 is 0 Å². The lowest BCUT2D eigenvalue weighted by Gasteiger charge is -2.30. The van der Waals surface area contributed by atoms with E-state index in [-0.39, 0.29) is 5.91 Å². The molecule has 2 rings (SSSR count). The third kappa shape index (κ3) is 3.90. The lowest BCUT2D eigenvalue weighted by molar-refractivity contribution is 0.0956. The summed E-state index contributed by atoms with van der Waals surface area (Å²) in [4.78, 5) is 14.1. The standard InChI is InChI=1S/C17H27N3O/c1-3-19-17(21)13-10-11-16(15(18)12-13)20(2)14-8-6-4-5-7-9-14/h10-12,14H,3-9,18H2,1-2H3,(H,19,21). The molecule has 21 heavy (non-hydrogen) atoms. The zero-order chi connectivity index (χ0) is 15.2. The summed E-state index contributed by atoms with van der Waals surface area (Å²) < 4.78 is 0. The van der Waals surface area contributed by atoms with Crippen LogP contribution in [-0.4, -0.2) is 25.5 Å². The fourth-order valence-corrected chi connectivity index (χ4v) is 3.12. The molecule has 0 saturated heterocycles. The van der Waals surface area contributed by atoms with E-state index in [1.807, 2.05) is 19.1 Å². The van der Waals surface area contributed by atoms with Crippen molar-refractivity contribution in [2.24, 2.45) is 0 Å². The van der Waals surface area contributed by atoms with Crippen LogP contribution in [-0.2, 0) is 0 Å². The van der Waals surface area contributed by atoms with Gasteiger partial charge in [-0.3, -0.25) is 4.79 Å². The number of nitrogens with one attached hydrogen (secondary N) is 1. The molecule has 0 radical (unpaired) electrons. The molecular weight excluding hydrogens is 262 g/mol. The SMILES string of the molecule is CCNC(=O)c1ccc(N(C)C2CCCCCC2)c(N)c1. The Morgan fingerprint density at radius 1 is 1.29 bits per heavy atom. The van der Waals surface area contributed by atoms with Gasteiger partial charge in [0.1, 0.15) is 0 Å². The van der Waals surface area contributed by atoms with Gasteiger partial charge in [0, 0.05) is 25.2 Å². The quantitative estimate of drug-likeness (QED) is 0.661. The Labute approximate surface area is 127 Å². The van der Waals surface area contributed by atoms with Crippen molar-refractivity contribution in [3.05, 3.63) is 23.8 Å². The monoisotopic (exact) mass is 289 g/mol. The molecule has 1 amide bonds. The van der Waals surface area contributed by atoms with Crippen molar-refractivity contribution in [2.45, 2.75) is 51.5 Å². The molecule has 116 valence electrons. The summed E-state index contributed by atoms with van der Waals surface area (Å²) in [6.07, 6.45) is 7.74. The van der Waals surface area contributed by atoms with E-state index in [4.69, 9.17) is 5.73 Å². The highest BCUT2D eigenvalue weighted by Gasteiger charge is 2.19. The molecule has 0 aliphatic heterocycles. The molecule has 0 bridgehead atoms. The predicted molar refractivity (Wildman–Crippen MR) is 88.8 cm³/mol. The second kappa shape index (κ2) is 7.34. The maximum absolute atomic E-state index is 11.8. The van der Waals surface area contributed by atoms with E-state index in [0.717, 1.165) is 5.69 Å². The van der Waals surface area contributed by atoms with Crippen molar-refractivity contribution in [1.82, 2.24) is 5.32 Å². The van der Waals surface area contributed by atoms with Crippen molar-refractivity contribution >= 4 is 17.3 Å². The summed E-state index contributed by atoms with van der Waals surface area (Å²) >= 11 is 0. The van der Waals surface area contributed by atoms with E-state index in [1.54, 1.807) is 6.07 Å². The minimum atomic E-state index is -0.0622. The van der Waals surface area contributed by atoms with E-state index in [9.17, 15) is 4.79 Å². The van der Waals surface area contributed by atoms with Crippen LogP contribution in [0.25, 0.3) is 0 Å². The number of anilines is 2. The Bertz CT molecular complexity index is 479. The molecule has 1 fully saturated rings. The first-order valence-corrected chi connectivity index (χ1v) is 8.04. The Morgan fingerprint density at radius 3 is 2.52 bits per heavy atom. The lowest BCUT2D eigenvalue weighted by Crippen LogP contribution is -2.31. The van der Waals surface area contributed by atoms with Crippen LogP contribution in [0.15, 0.2) is 18.2 Å². The van der Waals surface area contributed by atoms with Crippen LogP contribution in [0.2, 0.25) is 0 Å². The van der Waals surface area contributed by atoms with Gasteiger partial charge in [-0.25, -0.2) is 0 Å². The van der Waals surface area contributed by atoms with Gasteiger partial charge in [0.15, 0.2) is 0 Å². The summed E-state index contributed by atoms with van der Waals surface area (Å²) in [5, 5.41) is 2.80. The van der Waals surface area contributed by atoms with Crippen molar-refractivity contribution in [2.75, 3.05) is 24.2 Å². The van der Waals surface area contributed by atoms with Gasteiger partial charge >= 0.3 is 0 Å². The minimum absolute atomic E-state index is 0.0622. The first-order chi connectivity index (χ1) is 10.1. The van der Waals surface area contributed by atoms with E-state index >= 15 is 0 Å². The molecule has 4 nitrogen and oxygen atoms in total. The lowest BCUT2D eigenvalue weighted by atomic mass is 10.1. The number of carbonyl (C=O) groups excluding carboxylic acids is 1.